The number of nitrogens with one attached hydrogen (secondary N) is 1. The molecule has 1 aromatic heterocycles. The van der Waals surface area contributed by atoms with E-state index in [1.165, 1.54) is 23.5 Å². The first-order valence-corrected chi connectivity index (χ1v) is 10.1. The predicted molar refractivity (Wildman–Crippen MR) is 89.6 cm³/mol. The zero-order valence-electron chi connectivity index (χ0n) is 12.9. The molecule has 0 spiro atoms. The van der Waals surface area contributed by atoms with Crippen LogP contribution in [-0.2, 0) is 22.9 Å². The van der Waals surface area contributed by atoms with E-state index in [1.807, 2.05) is 6.92 Å². The molecule has 23 heavy (non-hydrogen) atoms. The smallest absolute Gasteiger partial charge is 0.212 e. The molecule has 1 aliphatic carbocycles. The Morgan fingerprint density at radius 2 is 2.26 bits per heavy atom. The lowest BCUT2D eigenvalue weighted by molar-refractivity contribution is 0.504. The van der Waals surface area contributed by atoms with Gasteiger partial charge in [-0.3, -0.25) is 0 Å². The Labute approximate surface area is 139 Å². The van der Waals surface area contributed by atoms with Gasteiger partial charge in [0.1, 0.15) is 5.82 Å². The molecular formula is C16H19FN2O2S2. The molecule has 0 saturated heterocycles. The molecule has 124 valence electrons. The molecule has 2 aromatic rings. The van der Waals surface area contributed by atoms with Gasteiger partial charge in [0.05, 0.1) is 17.0 Å². The summed E-state index contributed by atoms with van der Waals surface area (Å²) in [6.07, 6.45) is 2.87. The standard InChI is InChI=1S/C16H19FN2O2S2/c1-11-16(22-10-18-11)7-8-23(20,21)19-15-4-2-3-12-9-13(17)5-6-14(12)15/h5-6,9-10,15,19H,2-4,7-8H2,1H3. The molecule has 1 heterocycles. The normalized spacial score (nSPS) is 17.9. The highest BCUT2D eigenvalue weighted by atomic mass is 32.2. The van der Waals surface area contributed by atoms with E-state index in [1.54, 1.807) is 11.6 Å². The molecule has 1 aliphatic rings. The van der Waals surface area contributed by atoms with E-state index in [0.29, 0.717) is 6.42 Å². The number of aryl methyl sites for hydroxylation is 3. The summed E-state index contributed by atoms with van der Waals surface area (Å²) in [5.74, 6) is -0.226. The first kappa shape index (κ1) is 16.5. The van der Waals surface area contributed by atoms with Crippen molar-refractivity contribution >= 4 is 21.4 Å². The minimum atomic E-state index is -3.39. The summed E-state index contributed by atoms with van der Waals surface area (Å²) < 4.78 is 40.9. The van der Waals surface area contributed by atoms with Gasteiger partial charge in [0, 0.05) is 10.9 Å². The first-order chi connectivity index (χ1) is 10.9. The number of thiazole rings is 1. The molecule has 3 rings (SSSR count). The van der Waals surface area contributed by atoms with E-state index in [0.717, 1.165) is 41.0 Å². The van der Waals surface area contributed by atoms with Gasteiger partial charge in [-0.2, -0.15) is 0 Å². The van der Waals surface area contributed by atoms with Gasteiger partial charge < -0.3 is 0 Å². The van der Waals surface area contributed by atoms with Gasteiger partial charge in [-0.15, -0.1) is 11.3 Å². The van der Waals surface area contributed by atoms with Crippen LogP contribution in [0.1, 0.15) is 40.6 Å². The third-order valence-corrected chi connectivity index (χ3v) is 6.56. The quantitative estimate of drug-likeness (QED) is 0.897. The Hall–Kier alpha value is -1.31. The molecular weight excluding hydrogens is 335 g/mol. The number of rotatable bonds is 5. The van der Waals surface area contributed by atoms with Crippen LogP contribution in [0.2, 0.25) is 0 Å². The highest BCUT2D eigenvalue weighted by Gasteiger charge is 2.25. The monoisotopic (exact) mass is 354 g/mol. The minimum absolute atomic E-state index is 0.0447. The van der Waals surface area contributed by atoms with Crippen LogP contribution in [0.4, 0.5) is 4.39 Å². The summed E-state index contributed by atoms with van der Waals surface area (Å²) in [5.41, 5.74) is 4.43. The number of aromatic nitrogens is 1. The molecule has 1 atom stereocenters. The lowest BCUT2D eigenvalue weighted by Gasteiger charge is -2.26. The second-order valence-electron chi connectivity index (χ2n) is 5.84. The van der Waals surface area contributed by atoms with Gasteiger partial charge in [0.25, 0.3) is 0 Å². The highest BCUT2D eigenvalue weighted by Crippen LogP contribution is 2.30. The Morgan fingerprint density at radius 1 is 1.43 bits per heavy atom. The minimum Gasteiger partial charge on any atom is -0.250 e. The predicted octanol–water partition coefficient (Wildman–Crippen LogP) is 3.13. The number of halogens is 1. The van der Waals surface area contributed by atoms with Gasteiger partial charge in [-0.1, -0.05) is 6.07 Å². The maximum absolute atomic E-state index is 13.3. The van der Waals surface area contributed by atoms with Crippen molar-refractivity contribution < 1.29 is 12.8 Å². The number of sulfonamides is 1. The molecule has 1 aromatic carbocycles. The van der Waals surface area contributed by atoms with E-state index in [9.17, 15) is 12.8 Å². The van der Waals surface area contributed by atoms with Crippen LogP contribution in [0.5, 0.6) is 0 Å². The van der Waals surface area contributed by atoms with Gasteiger partial charge in [-0.05, 0) is 55.9 Å². The van der Waals surface area contributed by atoms with Crippen molar-refractivity contribution in [1.29, 1.82) is 0 Å². The van der Waals surface area contributed by atoms with Gasteiger partial charge >= 0.3 is 0 Å². The van der Waals surface area contributed by atoms with Crippen molar-refractivity contribution in [2.24, 2.45) is 0 Å². The molecule has 0 fully saturated rings. The number of hydrogen-bond donors (Lipinski definition) is 1. The largest absolute Gasteiger partial charge is 0.250 e. The molecule has 7 heteroatoms. The fourth-order valence-electron chi connectivity index (χ4n) is 2.97. The van der Waals surface area contributed by atoms with Crippen LogP contribution in [0.15, 0.2) is 23.7 Å². The fraction of sp³-hybridized carbons (Fsp3) is 0.438. The fourth-order valence-corrected chi connectivity index (χ4v) is 5.15. The number of hydrogen-bond acceptors (Lipinski definition) is 4. The van der Waals surface area contributed by atoms with Crippen LogP contribution in [0.25, 0.3) is 0 Å². The van der Waals surface area contributed by atoms with Gasteiger partial charge in [0.2, 0.25) is 10.0 Å². The number of nitrogens with zero attached hydrogens (tertiary/aromatic N) is 1. The molecule has 1 unspecified atom stereocenters. The van der Waals surface area contributed by atoms with Gasteiger partial charge in [-0.25, -0.2) is 22.5 Å². The summed E-state index contributed by atoms with van der Waals surface area (Å²) >= 11 is 1.48. The highest BCUT2D eigenvalue weighted by molar-refractivity contribution is 7.89. The third-order valence-electron chi connectivity index (χ3n) is 4.18. The van der Waals surface area contributed by atoms with Crippen molar-refractivity contribution in [3.8, 4) is 0 Å². The summed E-state index contributed by atoms with van der Waals surface area (Å²) in [5, 5.41) is 0. The summed E-state index contributed by atoms with van der Waals surface area (Å²) in [6, 6.07) is 4.35. The topological polar surface area (TPSA) is 59.1 Å². The summed E-state index contributed by atoms with van der Waals surface area (Å²) in [7, 11) is -3.39. The lowest BCUT2D eigenvalue weighted by Crippen LogP contribution is -2.33. The SMILES string of the molecule is Cc1ncsc1CCS(=O)(=O)NC1CCCc2cc(F)ccc21. The Bertz CT molecular complexity index is 802. The molecule has 0 aliphatic heterocycles. The van der Waals surface area contributed by atoms with Crippen molar-refractivity contribution in [3.05, 3.63) is 51.2 Å². The van der Waals surface area contributed by atoms with E-state index < -0.39 is 10.0 Å². The van der Waals surface area contributed by atoms with Crippen LogP contribution in [-0.4, -0.2) is 19.2 Å². The average Bonchev–Trinajstić information content (AvgIpc) is 2.90. The summed E-state index contributed by atoms with van der Waals surface area (Å²) in [6.45, 7) is 1.89. The van der Waals surface area contributed by atoms with Crippen molar-refractivity contribution in [2.75, 3.05) is 5.75 Å². The first-order valence-electron chi connectivity index (χ1n) is 7.62. The maximum atomic E-state index is 13.3. The molecule has 0 amide bonds. The second kappa shape index (κ2) is 6.67. The van der Waals surface area contributed by atoms with E-state index >= 15 is 0 Å². The van der Waals surface area contributed by atoms with Crippen LogP contribution < -0.4 is 4.72 Å². The zero-order valence-corrected chi connectivity index (χ0v) is 14.5. The Balaban J connectivity index is 1.70. The lowest BCUT2D eigenvalue weighted by atomic mass is 9.88. The van der Waals surface area contributed by atoms with E-state index in [4.69, 9.17) is 0 Å². The molecule has 4 nitrogen and oxygen atoms in total. The van der Waals surface area contributed by atoms with Crippen molar-refractivity contribution in [1.82, 2.24) is 9.71 Å². The second-order valence-corrected chi connectivity index (χ2v) is 8.65. The average molecular weight is 354 g/mol. The molecule has 1 N–H and O–H groups in total. The van der Waals surface area contributed by atoms with Crippen LogP contribution >= 0.6 is 11.3 Å². The molecule has 0 saturated carbocycles. The van der Waals surface area contributed by atoms with E-state index in [2.05, 4.69) is 9.71 Å². The Morgan fingerprint density at radius 3 is 3.00 bits per heavy atom. The molecule has 0 bridgehead atoms. The van der Waals surface area contributed by atoms with Crippen LogP contribution in [0.3, 0.4) is 0 Å². The molecule has 0 radical (unpaired) electrons. The Kier molecular flexibility index (Phi) is 4.79. The van der Waals surface area contributed by atoms with Crippen molar-refractivity contribution in [3.63, 3.8) is 0 Å². The van der Waals surface area contributed by atoms with E-state index in [-0.39, 0.29) is 17.6 Å². The van der Waals surface area contributed by atoms with Crippen LogP contribution in [0, 0.1) is 12.7 Å². The van der Waals surface area contributed by atoms with Gasteiger partial charge in [0.15, 0.2) is 0 Å². The zero-order chi connectivity index (χ0) is 16.4. The maximum Gasteiger partial charge on any atom is 0.212 e. The third kappa shape index (κ3) is 3.97. The number of fused-ring (bicyclic) bond motifs is 1. The summed E-state index contributed by atoms with van der Waals surface area (Å²) in [4.78, 5) is 5.14. The number of benzene rings is 1. The van der Waals surface area contributed by atoms with Crippen molar-refractivity contribution in [2.45, 2.75) is 38.6 Å².